The summed E-state index contributed by atoms with van der Waals surface area (Å²) in [6.07, 6.45) is 2.55. The highest BCUT2D eigenvalue weighted by atomic mass is 16.5. The van der Waals surface area contributed by atoms with E-state index in [9.17, 15) is 0 Å². The molecule has 0 saturated carbocycles. The van der Waals surface area contributed by atoms with Gasteiger partial charge in [0.2, 0.25) is 0 Å². The SMILES string of the molecule is CCC1COCCN1c1cc(N)ncn1. The Hall–Kier alpha value is -1.36. The molecule has 82 valence electrons. The fourth-order valence-corrected chi connectivity index (χ4v) is 1.81. The molecule has 2 rings (SSSR count). The normalized spacial score (nSPS) is 21.7. The molecule has 0 aliphatic carbocycles. The summed E-state index contributed by atoms with van der Waals surface area (Å²) < 4.78 is 5.44. The molecule has 1 aromatic rings. The maximum atomic E-state index is 5.64. The molecule has 5 heteroatoms. The van der Waals surface area contributed by atoms with Crippen LogP contribution in [0.2, 0.25) is 0 Å². The van der Waals surface area contributed by atoms with E-state index in [0.717, 1.165) is 32.0 Å². The minimum absolute atomic E-state index is 0.396. The van der Waals surface area contributed by atoms with Crippen molar-refractivity contribution in [3.8, 4) is 0 Å². The molecule has 0 spiro atoms. The third-order valence-corrected chi connectivity index (χ3v) is 2.67. The largest absolute Gasteiger partial charge is 0.384 e. The number of hydrogen-bond donors (Lipinski definition) is 1. The van der Waals surface area contributed by atoms with Crippen molar-refractivity contribution in [3.63, 3.8) is 0 Å². The Morgan fingerprint density at radius 3 is 3.20 bits per heavy atom. The van der Waals surface area contributed by atoms with Gasteiger partial charge in [0.15, 0.2) is 0 Å². The van der Waals surface area contributed by atoms with Crippen molar-refractivity contribution in [1.29, 1.82) is 0 Å². The highest BCUT2D eigenvalue weighted by molar-refractivity contribution is 5.47. The third-order valence-electron chi connectivity index (χ3n) is 2.67. The van der Waals surface area contributed by atoms with Gasteiger partial charge < -0.3 is 15.4 Å². The van der Waals surface area contributed by atoms with Gasteiger partial charge in [-0.3, -0.25) is 0 Å². The molecule has 1 atom stereocenters. The molecule has 1 fully saturated rings. The van der Waals surface area contributed by atoms with Crippen LogP contribution in [0.3, 0.4) is 0 Å². The number of nitrogen functional groups attached to an aromatic ring is 1. The van der Waals surface area contributed by atoms with Gasteiger partial charge in [-0.2, -0.15) is 0 Å². The van der Waals surface area contributed by atoms with Crippen molar-refractivity contribution in [3.05, 3.63) is 12.4 Å². The van der Waals surface area contributed by atoms with Crippen molar-refractivity contribution < 1.29 is 4.74 Å². The molecule has 15 heavy (non-hydrogen) atoms. The lowest BCUT2D eigenvalue weighted by Crippen LogP contribution is -2.45. The smallest absolute Gasteiger partial charge is 0.134 e. The lowest BCUT2D eigenvalue weighted by atomic mass is 10.2. The number of nitrogens with two attached hydrogens (primary N) is 1. The number of morpholine rings is 1. The van der Waals surface area contributed by atoms with E-state index in [1.54, 1.807) is 0 Å². The molecule has 0 aromatic carbocycles. The summed E-state index contributed by atoms with van der Waals surface area (Å²) in [5.41, 5.74) is 5.64. The van der Waals surface area contributed by atoms with E-state index in [1.807, 2.05) is 6.07 Å². The molecular weight excluding hydrogens is 192 g/mol. The molecule has 1 aromatic heterocycles. The Bertz CT molecular complexity index is 331. The van der Waals surface area contributed by atoms with E-state index in [-0.39, 0.29) is 0 Å². The molecule has 5 nitrogen and oxygen atoms in total. The van der Waals surface area contributed by atoms with Crippen LogP contribution in [0.1, 0.15) is 13.3 Å². The minimum Gasteiger partial charge on any atom is -0.384 e. The van der Waals surface area contributed by atoms with Crippen LogP contribution in [0.15, 0.2) is 12.4 Å². The molecular formula is C10H16N4O. The first-order valence-corrected chi connectivity index (χ1v) is 5.23. The Balaban J connectivity index is 2.20. The van der Waals surface area contributed by atoms with Gasteiger partial charge in [0.05, 0.1) is 19.3 Å². The number of ether oxygens (including phenoxy) is 1. The van der Waals surface area contributed by atoms with Crippen LogP contribution in [-0.2, 0) is 4.74 Å². The lowest BCUT2D eigenvalue weighted by Gasteiger charge is -2.35. The summed E-state index contributed by atoms with van der Waals surface area (Å²) in [5.74, 6) is 1.42. The summed E-state index contributed by atoms with van der Waals surface area (Å²) in [7, 11) is 0. The molecule has 1 aliphatic rings. The summed E-state index contributed by atoms with van der Waals surface area (Å²) in [5, 5.41) is 0. The standard InChI is InChI=1S/C10H16N4O/c1-2-8-6-15-4-3-14(8)10-5-9(11)12-7-13-10/h5,7-8H,2-4,6H2,1H3,(H2,11,12,13). The fourth-order valence-electron chi connectivity index (χ4n) is 1.81. The Labute approximate surface area is 89.3 Å². The summed E-state index contributed by atoms with van der Waals surface area (Å²) in [4.78, 5) is 10.4. The van der Waals surface area contributed by atoms with Crippen molar-refractivity contribution >= 4 is 11.6 Å². The number of hydrogen-bond acceptors (Lipinski definition) is 5. The second-order valence-electron chi connectivity index (χ2n) is 3.63. The van der Waals surface area contributed by atoms with Gasteiger partial charge >= 0.3 is 0 Å². The van der Waals surface area contributed by atoms with Crippen molar-refractivity contribution in [2.45, 2.75) is 19.4 Å². The van der Waals surface area contributed by atoms with Gasteiger partial charge in [0.1, 0.15) is 18.0 Å². The monoisotopic (exact) mass is 208 g/mol. The average Bonchev–Trinajstić information content (AvgIpc) is 2.29. The second kappa shape index (κ2) is 4.44. The van der Waals surface area contributed by atoms with Crippen LogP contribution < -0.4 is 10.6 Å². The van der Waals surface area contributed by atoms with Gasteiger partial charge in [0, 0.05) is 12.6 Å². The van der Waals surface area contributed by atoms with Crippen molar-refractivity contribution in [1.82, 2.24) is 9.97 Å². The van der Waals surface area contributed by atoms with E-state index in [1.165, 1.54) is 6.33 Å². The van der Waals surface area contributed by atoms with Crippen molar-refractivity contribution in [2.75, 3.05) is 30.4 Å². The first-order valence-electron chi connectivity index (χ1n) is 5.23. The van der Waals surface area contributed by atoms with Crippen LogP contribution in [0, 0.1) is 0 Å². The zero-order chi connectivity index (χ0) is 10.7. The van der Waals surface area contributed by atoms with Crippen molar-refractivity contribution in [2.24, 2.45) is 0 Å². The van der Waals surface area contributed by atoms with Crippen LogP contribution in [-0.4, -0.2) is 35.8 Å². The average molecular weight is 208 g/mol. The fraction of sp³-hybridized carbons (Fsp3) is 0.600. The Kier molecular flexibility index (Phi) is 3.01. The van der Waals surface area contributed by atoms with Crippen LogP contribution in [0.25, 0.3) is 0 Å². The molecule has 0 bridgehead atoms. The Morgan fingerprint density at radius 2 is 2.47 bits per heavy atom. The zero-order valence-electron chi connectivity index (χ0n) is 8.89. The number of anilines is 2. The molecule has 2 N–H and O–H groups in total. The van der Waals surface area contributed by atoms with E-state index < -0.39 is 0 Å². The quantitative estimate of drug-likeness (QED) is 0.774. The maximum Gasteiger partial charge on any atom is 0.134 e. The zero-order valence-corrected chi connectivity index (χ0v) is 8.89. The third kappa shape index (κ3) is 2.18. The molecule has 0 radical (unpaired) electrons. The summed E-state index contributed by atoms with van der Waals surface area (Å²) >= 11 is 0. The van der Waals surface area contributed by atoms with Gasteiger partial charge in [-0.15, -0.1) is 0 Å². The summed E-state index contributed by atoms with van der Waals surface area (Å²) in [6, 6.07) is 2.21. The van der Waals surface area contributed by atoms with Gasteiger partial charge in [0.25, 0.3) is 0 Å². The van der Waals surface area contributed by atoms with E-state index in [2.05, 4.69) is 21.8 Å². The van der Waals surface area contributed by atoms with Crippen LogP contribution in [0.4, 0.5) is 11.6 Å². The summed E-state index contributed by atoms with van der Waals surface area (Å²) in [6.45, 7) is 4.53. The molecule has 2 heterocycles. The van der Waals surface area contributed by atoms with Gasteiger partial charge in [-0.05, 0) is 6.42 Å². The first kappa shape index (κ1) is 10.2. The number of nitrogens with zero attached hydrogens (tertiary/aromatic N) is 3. The number of rotatable bonds is 2. The van der Waals surface area contributed by atoms with Crippen LogP contribution in [0.5, 0.6) is 0 Å². The van der Waals surface area contributed by atoms with Gasteiger partial charge in [-0.25, -0.2) is 9.97 Å². The molecule has 1 saturated heterocycles. The second-order valence-corrected chi connectivity index (χ2v) is 3.63. The lowest BCUT2D eigenvalue weighted by molar-refractivity contribution is 0.0925. The van der Waals surface area contributed by atoms with Crippen LogP contribution >= 0.6 is 0 Å². The number of aromatic nitrogens is 2. The molecule has 0 amide bonds. The highest BCUT2D eigenvalue weighted by Crippen LogP contribution is 2.19. The predicted octanol–water partition coefficient (Wildman–Crippen LogP) is 0.674. The first-order chi connectivity index (χ1) is 7.31. The highest BCUT2D eigenvalue weighted by Gasteiger charge is 2.22. The predicted molar refractivity (Wildman–Crippen MR) is 58.7 cm³/mol. The van der Waals surface area contributed by atoms with Gasteiger partial charge in [-0.1, -0.05) is 6.92 Å². The Morgan fingerprint density at radius 1 is 1.60 bits per heavy atom. The molecule has 1 aliphatic heterocycles. The maximum absolute atomic E-state index is 5.64. The van der Waals surface area contributed by atoms with E-state index in [0.29, 0.717) is 11.9 Å². The van der Waals surface area contributed by atoms with E-state index >= 15 is 0 Å². The van der Waals surface area contributed by atoms with E-state index in [4.69, 9.17) is 10.5 Å². The minimum atomic E-state index is 0.396. The topological polar surface area (TPSA) is 64.3 Å². The molecule has 1 unspecified atom stereocenters.